The van der Waals surface area contributed by atoms with Crippen molar-refractivity contribution in [2.75, 3.05) is 16.9 Å². The number of carbonyl (C=O) groups excluding carboxylic acids is 1. The molecule has 0 saturated heterocycles. The fourth-order valence-electron chi connectivity index (χ4n) is 2.64. The van der Waals surface area contributed by atoms with E-state index in [1.165, 1.54) is 35.6 Å². The van der Waals surface area contributed by atoms with Gasteiger partial charge in [0.25, 0.3) is 5.91 Å². The van der Waals surface area contributed by atoms with Crippen LogP contribution in [-0.2, 0) is 9.84 Å². The maximum absolute atomic E-state index is 12.4. The van der Waals surface area contributed by atoms with Crippen LogP contribution in [0.5, 0.6) is 0 Å². The molecule has 0 radical (unpaired) electrons. The molecule has 4 rings (SSSR count). The Hall–Kier alpha value is -3.30. The molecule has 2 aromatic carbocycles. The van der Waals surface area contributed by atoms with E-state index in [4.69, 9.17) is 0 Å². The summed E-state index contributed by atoms with van der Waals surface area (Å²) in [4.78, 5) is 22.1. The summed E-state index contributed by atoms with van der Waals surface area (Å²) in [5, 5.41) is 6.75. The average molecular weight is 425 g/mol. The van der Waals surface area contributed by atoms with Crippen LogP contribution in [0.15, 0.2) is 71.8 Å². The van der Waals surface area contributed by atoms with Gasteiger partial charge in [-0.2, -0.15) is 0 Å². The molecule has 7 nitrogen and oxygen atoms in total. The predicted molar refractivity (Wildman–Crippen MR) is 115 cm³/mol. The first kappa shape index (κ1) is 19.0. The number of nitrogens with one attached hydrogen (secondary N) is 2. The number of thiazole rings is 1. The third kappa shape index (κ3) is 4.41. The number of nitrogens with zero attached hydrogens (tertiary/aromatic N) is 2. The lowest BCUT2D eigenvalue weighted by Crippen LogP contribution is -2.12. The van der Waals surface area contributed by atoms with Gasteiger partial charge < -0.3 is 10.6 Å². The maximum atomic E-state index is 12.4. The molecular weight excluding hydrogens is 408 g/mol. The predicted octanol–water partition coefficient (Wildman–Crippen LogP) is 4.09. The van der Waals surface area contributed by atoms with Gasteiger partial charge in [0.15, 0.2) is 15.0 Å². The number of benzene rings is 2. The largest absolute Gasteiger partial charge is 0.331 e. The highest BCUT2D eigenvalue weighted by atomic mass is 32.2. The molecule has 0 aliphatic rings. The van der Waals surface area contributed by atoms with Crippen molar-refractivity contribution in [2.24, 2.45) is 0 Å². The number of rotatable bonds is 5. The topological polar surface area (TPSA) is 101 Å². The van der Waals surface area contributed by atoms with E-state index in [1.807, 2.05) is 24.3 Å². The number of pyridine rings is 1. The van der Waals surface area contributed by atoms with Crippen molar-refractivity contribution in [1.29, 1.82) is 0 Å². The van der Waals surface area contributed by atoms with Crippen LogP contribution in [0.4, 0.5) is 16.5 Å². The van der Waals surface area contributed by atoms with Crippen LogP contribution in [0.3, 0.4) is 0 Å². The van der Waals surface area contributed by atoms with Crippen LogP contribution >= 0.6 is 11.3 Å². The summed E-state index contributed by atoms with van der Waals surface area (Å²) in [6, 6.07) is 16.8. The first-order valence-electron chi connectivity index (χ1n) is 8.59. The molecular formula is C20H16N4O3S2. The highest BCUT2D eigenvalue weighted by Gasteiger charge is 2.10. The molecule has 0 aliphatic carbocycles. The molecule has 0 aliphatic heterocycles. The molecule has 0 bridgehead atoms. The Morgan fingerprint density at radius 2 is 1.66 bits per heavy atom. The molecule has 0 spiro atoms. The summed E-state index contributed by atoms with van der Waals surface area (Å²) in [5.41, 5.74) is 2.67. The van der Waals surface area contributed by atoms with E-state index in [0.717, 1.165) is 27.4 Å². The van der Waals surface area contributed by atoms with E-state index in [1.54, 1.807) is 18.3 Å². The summed E-state index contributed by atoms with van der Waals surface area (Å²) in [6.45, 7) is 0. The lowest BCUT2D eigenvalue weighted by Gasteiger charge is -2.08. The van der Waals surface area contributed by atoms with Crippen molar-refractivity contribution < 1.29 is 13.2 Å². The normalized spacial score (nSPS) is 11.3. The van der Waals surface area contributed by atoms with Gasteiger partial charge in [0.2, 0.25) is 0 Å². The molecule has 1 amide bonds. The number of amides is 1. The maximum Gasteiger partial charge on any atom is 0.255 e. The first-order valence-corrected chi connectivity index (χ1v) is 11.3. The summed E-state index contributed by atoms with van der Waals surface area (Å²) in [7, 11) is -3.29. The van der Waals surface area contributed by atoms with Crippen LogP contribution in [-0.4, -0.2) is 30.5 Å². The zero-order valence-electron chi connectivity index (χ0n) is 15.3. The van der Waals surface area contributed by atoms with E-state index < -0.39 is 9.84 Å². The Kier molecular flexibility index (Phi) is 4.99. The Morgan fingerprint density at radius 1 is 0.966 bits per heavy atom. The van der Waals surface area contributed by atoms with Gasteiger partial charge in [-0.05, 0) is 60.7 Å². The second-order valence-electron chi connectivity index (χ2n) is 6.30. The van der Waals surface area contributed by atoms with E-state index in [0.29, 0.717) is 11.3 Å². The minimum atomic E-state index is -3.29. The molecule has 2 aromatic heterocycles. The number of anilines is 3. The zero-order valence-corrected chi connectivity index (χ0v) is 16.9. The van der Waals surface area contributed by atoms with E-state index >= 15 is 0 Å². The number of sulfone groups is 1. The van der Waals surface area contributed by atoms with Crippen LogP contribution in [0.25, 0.3) is 10.3 Å². The average Bonchev–Trinajstić information content (AvgIpc) is 3.11. The summed E-state index contributed by atoms with van der Waals surface area (Å²) in [5.74, 6) is -0.317. The third-order valence-electron chi connectivity index (χ3n) is 4.11. The summed E-state index contributed by atoms with van der Waals surface area (Å²) < 4.78 is 23.0. The second kappa shape index (κ2) is 7.61. The van der Waals surface area contributed by atoms with Crippen molar-refractivity contribution >= 4 is 53.9 Å². The smallest absolute Gasteiger partial charge is 0.255 e. The minimum Gasteiger partial charge on any atom is -0.331 e. The van der Waals surface area contributed by atoms with Crippen molar-refractivity contribution in [3.8, 4) is 0 Å². The number of hydrogen-bond donors (Lipinski definition) is 2. The van der Waals surface area contributed by atoms with Crippen molar-refractivity contribution in [2.45, 2.75) is 4.90 Å². The van der Waals surface area contributed by atoms with Crippen LogP contribution in [0.2, 0.25) is 0 Å². The second-order valence-corrected chi connectivity index (χ2v) is 9.29. The van der Waals surface area contributed by atoms with Crippen LogP contribution in [0, 0.1) is 0 Å². The van der Waals surface area contributed by atoms with Gasteiger partial charge in [-0.25, -0.2) is 18.4 Å². The molecule has 29 heavy (non-hydrogen) atoms. The molecule has 0 fully saturated rings. The molecule has 0 unspecified atom stereocenters. The molecule has 9 heteroatoms. The lowest BCUT2D eigenvalue weighted by molar-refractivity contribution is 0.102. The fourth-order valence-corrected chi connectivity index (χ4v) is 4.10. The molecule has 2 N–H and O–H groups in total. The highest BCUT2D eigenvalue weighted by molar-refractivity contribution is 7.90. The number of hydrogen-bond acceptors (Lipinski definition) is 7. The Bertz CT molecular complexity index is 1250. The van der Waals surface area contributed by atoms with Crippen LogP contribution < -0.4 is 10.6 Å². The van der Waals surface area contributed by atoms with Gasteiger partial charge in [0.05, 0.1) is 4.90 Å². The standard InChI is InChI=1S/C20H16N4O3S2/c1-29(26,27)16-10-4-13(5-11-16)18(25)22-14-6-8-15(9-7-14)23-20-24-17-3-2-12-21-19(17)28-20/h2-12H,1H3,(H,22,25)(H,23,24). The van der Waals surface area contributed by atoms with Crippen molar-refractivity contribution in [1.82, 2.24) is 9.97 Å². The van der Waals surface area contributed by atoms with E-state index in [2.05, 4.69) is 20.6 Å². The van der Waals surface area contributed by atoms with E-state index in [9.17, 15) is 13.2 Å². The fraction of sp³-hybridized carbons (Fsp3) is 0.0500. The molecule has 2 heterocycles. The van der Waals surface area contributed by atoms with Crippen LogP contribution in [0.1, 0.15) is 10.4 Å². The minimum absolute atomic E-state index is 0.175. The molecule has 4 aromatic rings. The van der Waals surface area contributed by atoms with Gasteiger partial charge in [-0.15, -0.1) is 0 Å². The van der Waals surface area contributed by atoms with Gasteiger partial charge >= 0.3 is 0 Å². The Morgan fingerprint density at radius 3 is 2.31 bits per heavy atom. The van der Waals surface area contributed by atoms with E-state index in [-0.39, 0.29) is 10.8 Å². The number of aromatic nitrogens is 2. The lowest BCUT2D eigenvalue weighted by atomic mass is 10.2. The van der Waals surface area contributed by atoms with Crippen molar-refractivity contribution in [3.63, 3.8) is 0 Å². The van der Waals surface area contributed by atoms with Crippen molar-refractivity contribution in [3.05, 3.63) is 72.4 Å². The Balaban J connectivity index is 1.43. The monoisotopic (exact) mass is 424 g/mol. The van der Waals surface area contributed by atoms with Gasteiger partial charge in [0, 0.05) is 29.4 Å². The SMILES string of the molecule is CS(=O)(=O)c1ccc(C(=O)Nc2ccc(Nc3nc4cccnc4s3)cc2)cc1. The number of carbonyl (C=O) groups is 1. The van der Waals surface area contributed by atoms with Gasteiger partial charge in [-0.1, -0.05) is 11.3 Å². The first-order chi connectivity index (χ1) is 13.9. The molecule has 0 saturated carbocycles. The summed E-state index contributed by atoms with van der Waals surface area (Å²) in [6.07, 6.45) is 2.86. The molecule has 0 atom stereocenters. The van der Waals surface area contributed by atoms with Gasteiger partial charge in [0.1, 0.15) is 10.3 Å². The zero-order chi connectivity index (χ0) is 20.4. The third-order valence-corrected chi connectivity index (χ3v) is 6.13. The number of fused-ring (bicyclic) bond motifs is 1. The Labute approximate surface area is 171 Å². The quantitative estimate of drug-likeness (QED) is 0.500. The van der Waals surface area contributed by atoms with Gasteiger partial charge in [-0.3, -0.25) is 4.79 Å². The highest BCUT2D eigenvalue weighted by Crippen LogP contribution is 2.27. The molecule has 146 valence electrons. The summed E-state index contributed by atoms with van der Waals surface area (Å²) >= 11 is 1.46.